The van der Waals surface area contributed by atoms with Crippen LogP contribution in [0.4, 0.5) is 4.79 Å². The standard InChI is InChI=1S/C12H9NO3S/c1-13-9-5-3-2-4-7(9)8-6-10(16-12(14)15)17-11(8)13/h2-6H,1H3,(H,14,15). The highest BCUT2D eigenvalue weighted by atomic mass is 32.1. The largest absolute Gasteiger partial charge is 0.512 e. The van der Waals surface area contributed by atoms with Crippen LogP contribution in [-0.2, 0) is 7.05 Å². The van der Waals surface area contributed by atoms with Crippen molar-refractivity contribution >= 4 is 38.6 Å². The number of aromatic nitrogens is 1. The summed E-state index contributed by atoms with van der Waals surface area (Å²) in [5.74, 6) is 0. The van der Waals surface area contributed by atoms with E-state index in [1.807, 2.05) is 35.9 Å². The lowest BCUT2D eigenvalue weighted by Gasteiger charge is -1.96. The molecule has 0 fully saturated rings. The smallest absolute Gasteiger partial charge is 0.449 e. The van der Waals surface area contributed by atoms with Crippen molar-refractivity contribution in [2.45, 2.75) is 0 Å². The number of para-hydroxylation sites is 1. The second-order valence-electron chi connectivity index (χ2n) is 3.73. The Kier molecular flexibility index (Phi) is 2.09. The SMILES string of the molecule is Cn1c2ccccc2c2cc(OC(=O)O)sc21. The predicted molar refractivity (Wildman–Crippen MR) is 67.0 cm³/mol. The molecule has 2 aromatic heterocycles. The summed E-state index contributed by atoms with van der Waals surface area (Å²) in [4.78, 5) is 11.5. The van der Waals surface area contributed by atoms with Crippen molar-refractivity contribution < 1.29 is 14.6 Å². The number of ether oxygens (including phenoxy) is 1. The minimum absolute atomic E-state index is 0.406. The van der Waals surface area contributed by atoms with E-state index in [2.05, 4.69) is 4.74 Å². The molecule has 4 nitrogen and oxygen atoms in total. The van der Waals surface area contributed by atoms with E-state index in [9.17, 15) is 4.79 Å². The fourth-order valence-electron chi connectivity index (χ4n) is 2.04. The second-order valence-corrected chi connectivity index (χ2v) is 4.72. The molecule has 0 aliphatic rings. The Bertz CT molecular complexity index is 726. The maximum atomic E-state index is 10.5. The molecule has 0 spiro atoms. The van der Waals surface area contributed by atoms with Crippen LogP contribution < -0.4 is 4.74 Å². The first kappa shape index (κ1) is 10.2. The van der Waals surface area contributed by atoms with Crippen LogP contribution in [-0.4, -0.2) is 15.8 Å². The van der Waals surface area contributed by atoms with E-state index < -0.39 is 6.16 Å². The summed E-state index contributed by atoms with van der Waals surface area (Å²) < 4.78 is 6.73. The predicted octanol–water partition coefficient (Wildman–Crippen LogP) is 3.45. The number of nitrogens with zero attached hydrogens (tertiary/aromatic N) is 1. The summed E-state index contributed by atoms with van der Waals surface area (Å²) >= 11 is 1.34. The van der Waals surface area contributed by atoms with E-state index in [-0.39, 0.29) is 0 Å². The number of thiophene rings is 1. The highest BCUT2D eigenvalue weighted by molar-refractivity contribution is 7.20. The minimum Gasteiger partial charge on any atom is -0.449 e. The minimum atomic E-state index is -1.28. The molecule has 0 bridgehead atoms. The van der Waals surface area contributed by atoms with Crippen molar-refractivity contribution in [1.82, 2.24) is 4.57 Å². The Balaban J connectivity index is 2.30. The van der Waals surface area contributed by atoms with Crippen LogP contribution in [0.25, 0.3) is 21.1 Å². The number of hydrogen-bond acceptors (Lipinski definition) is 3. The summed E-state index contributed by atoms with van der Waals surface area (Å²) in [6, 6.07) is 9.79. The Labute approximate surface area is 101 Å². The zero-order chi connectivity index (χ0) is 12.0. The lowest BCUT2D eigenvalue weighted by Crippen LogP contribution is -2.00. The van der Waals surface area contributed by atoms with Gasteiger partial charge in [-0.05, 0) is 6.07 Å². The molecule has 0 saturated heterocycles. The number of aryl methyl sites for hydroxylation is 1. The molecule has 0 amide bonds. The number of carbonyl (C=O) groups is 1. The highest BCUT2D eigenvalue weighted by Crippen LogP contribution is 2.38. The first-order chi connectivity index (χ1) is 8.16. The van der Waals surface area contributed by atoms with Crippen LogP contribution in [0.5, 0.6) is 5.06 Å². The van der Waals surface area contributed by atoms with Gasteiger partial charge >= 0.3 is 6.16 Å². The van der Waals surface area contributed by atoms with Gasteiger partial charge in [0.2, 0.25) is 0 Å². The van der Waals surface area contributed by atoms with Crippen molar-refractivity contribution in [3.8, 4) is 5.06 Å². The number of rotatable bonds is 1. The van der Waals surface area contributed by atoms with Gasteiger partial charge in [0.05, 0.1) is 0 Å². The summed E-state index contributed by atoms with van der Waals surface area (Å²) in [6.45, 7) is 0. The van der Waals surface area contributed by atoms with Gasteiger partial charge in [-0.1, -0.05) is 29.5 Å². The van der Waals surface area contributed by atoms with Crippen LogP contribution in [0.1, 0.15) is 0 Å². The molecule has 0 aliphatic heterocycles. The normalized spacial score (nSPS) is 11.1. The third-order valence-corrected chi connectivity index (χ3v) is 3.83. The van der Waals surface area contributed by atoms with Gasteiger partial charge in [-0.25, -0.2) is 4.79 Å². The molecule has 0 unspecified atom stereocenters. The van der Waals surface area contributed by atoms with Crippen LogP contribution >= 0.6 is 11.3 Å². The Hall–Kier alpha value is -2.01. The zero-order valence-corrected chi connectivity index (χ0v) is 9.82. The lowest BCUT2D eigenvalue weighted by atomic mass is 10.2. The maximum Gasteiger partial charge on any atom is 0.512 e. The third-order valence-electron chi connectivity index (χ3n) is 2.74. The molecular formula is C12H9NO3S. The van der Waals surface area contributed by atoms with E-state index >= 15 is 0 Å². The number of carboxylic acid groups (broad SMARTS) is 1. The first-order valence-corrected chi connectivity index (χ1v) is 5.86. The van der Waals surface area contributed by atoms with Gasteiger partial charge in [0.1, 0.15) is 4.83 Å². The van der Waals surface area contributed by atoms with Gasteiger partial charge in [0, 0.05) is 29.4 Å². The van der Waals surface area contributed by atoms with E-state index in [1.54, 1.807) is 6.07 Å². The van der Waals surface area contributed by atoms with Crippen LogP contribution in [0.15, 0.2) is 30.3 Å². The fraction of sp³-hybridized carbons (Fsp3) is 0.0833. The van der Waals surface area contributed by atoms with E-state index in [0.717, 1.165) is 21.1 Å². The summed E-state index contributed by atoms with van der Waals surface area (Å²) in [6.07, 6.45) is -1.28. The Morgan fingerprint density at radius 1 is 1.35 bits per heavy atom. The first-order valence-electron chi connectivity index (χ1n) is 5.04. The third kappa shape index (κ3) is 1.47. The van der Waals surface area contributed by atoms with Crippen molar-refractivity contribution in [3.05, 3.63) is 30.3 Å². The second kappa shape index (κ2) is 3.49. The van der Waals surface area contributed by atoms with Crippen LogP contribution in [0, 0.1) is 0 Å². The fourth-order valence-corrected chi connectivity index (χ4v) is 3.04. The van der Waals surface area contributed by atoms with Gasteiger partial charge < -0.3 is 14.4 Å². The molecule has 0 radical (unpaired) electrons. The number of fused-ring (bicyclic) bond motifs is 3. The summed E-state index contributed by atoms with van der Waals surface area (Å²) in [5, 5.41) is 11.1. The average molecular weight is 247 g/mol. The lowest BCUT2D eigenvalue weighted by molar-refractivity contribution is 0.146. The van der Waals surface area contributed by atoms with Gasteiger partial charge in [-0.15, -0.1) is 0 Å². The summed E-state index contributed by atoms with van der Waals surface area (Å²) in [5.41, 5.74) is 1.13. The Morgan fingerprint density at radius 3 is 2.88 bits per heavy atom. The van der Waals surface area contributed by atoms with Crippen molar-refractivity contribution in [2.24, 2.45) is 7.05 Å². The molecule has 0 aliphatic carbocycles. The molecule has 1 aromatic carbocycles. The quantitative estimate of drug-likeness (QED) is 0.670. The topological polar surface area (TPSA) is 51.5 Å². The number of hydrogen-bond donors (Lipinski definition) is 1. The Morgan fingerprint density at radius 2 is 2.12 bits per heavy atom. The number of benzene rings is 1. The van der Waals surface area contributed by atoms with Gasteiger partial charge in [-0.2, -0.15) is 0 Å². The van der Waals surface area contributed by atoms with Crippen molar-refractivity contribution in [3.63, 3.8) is 0 Å². The maximum absolute atomic E-state index is 10.5. The van der Waals surface area contributed by atoms with E-state index in [4.69, 9.17) is 5.11 Å². The molecular weight excluding hydrogens is 238 g/mol. The molecule has 2 heterocycles. The summed E-state index contributed by atoms with van der Waals surface area (Å²) in [7, 11) is 1.96. The van der Waals surface area contributed by atoms with E-state index in [0.29, 0.717) is 5.06 Å². The molecule has 0 atom stereocenters. The van der Waals surface area contributed by atoms with Gasteiger partial charge in [-0.3, -0.25) is 0 Å². The van der Waals surface area contributed by atoms with Crippen LogP contribution in [0.2, 0.25) is 0 Å². The average Bonchev–Trinajstić information content (AvgIpc) is 2.80. The molecule has 5 heteroatoms. The van der Waals surface area contributed by atoms with Crippen molar-refractivity contribution in [2.75, 3.05) is 0 Å². The van der Waals surface area contributed by atoms with Crippen molar-refractivity contribution in [1.29, 1.82) is 0 Å². The molecule has 3 rings (SSSR count). The monoisotopic (exact) mass is 247 g/mol. The zero-order valence-electron chi connectivity index (χ0n) is 9.01. The van der Waals surface area contributed by atoms with Gasteiger partial charge in [0.15, 0.2) is 5.06 Å². The molecule has 3 aromatic rings. The molecule has 17 heavy (non-hydrogen) atoms. The highest BCUT2D eigenvalue weighted by Gasteiger charge is 2.13. The van der Waals surface area contributed by atoms with Crippen LogP contribution in [0.3, 0.4) is 0 Å². The van der Waals surface area contributed by atoms with E-state index in [1.165, 1.54) is 11.3 Å². The molecule has 1 N–H and O–H groups in total. The van der Waals surface area contributed by atoms with Gasteiger partial charge in [0.25, 0.3) is 0 Å². The molecule has 0 saturated carbocycles. The molecule has 86 valence electrons.